The summed E-state index contributed by atoms with van der Waals surface area (Å²) in [5.41, 5.74) is 4.18. The van der Waals surface area contributed by atoms with Crippen LogP contribution in [0.2, 0.25) is 0 Å². The third-order valence-electron chi connectivity index (χ3n) is 5.16. The van der Waals surface area contributed by atoms with E-state index in [1.54, 1.807) is 11.3 Å². The number of carbonyl (C=O) groups is 1. The number of hydrogen-bond acceptors (Lipinski definition) is 3. The highest BCUT2D eigenvalue weighted by atomic mass is 32.1. The predicted octanol–water partition coefficient (Wildman–Crippen LogP) is 3.80. The number of nitrogens with zero attached hydrogens (tertiary/aromatic N) is 1. The van der Waals surface area contributed by atoms with E-state index in [9.17, 15) is 4.79 Å². The van der Waals surface area contributed by atoms with Crippen molar-refractivity contribution in [3.63, 3.8) is 0 Å². The van der Waals surface area contributed by atoms with Crippen LogP contribution in [0.25, 0.3) is 10.1 Å². The molecule has 27 heavy (non-hydrogen) atoms. The minimum atomic E-state index is -0.0769. The zero-order valence-corrected chi connectivity index (χ0v) is 16.2. The van der Waals surface area contributed by atoms with E-state index in [4.69, 9.17) is 0 Å². The van der Waals surface area contributed by atoms with Gasteiger partial charge in [0.1, 0.15) is 0 Å². The first-order chi connectivity index (χ1) is 13.3. The van der Waals surface area contributed by atoms with Crippen molar-refractivity contribution < 1.29 is 4.79 Å². The number of urea groups is 1. The third-order valence-corrected chi connectivity index (χ3v) is 6.18. The molecule has 5 heteroatoms. The Balaban J connectivity index is 1.16. The molecule has 4 rings (SSSR count). The topological polar surface area (TPSA) is 44.4 Å². The number of carbonyl (C=O) groups excluding carboxylic acids is 1. The lowest BCUT2D eigenvalue weighted by molar-refractivity contribution is 0.231. The van der Waals surface area contributed by atoms with E-state index in [-0.39, 0.29) is 6.03 Å². The van der Waals surface area contributed by atoms with Crippen molar-refractivity contribution in [3.8, 4) is 0 Å². The van der Waals surface area contributed by atoms with E-state index in [0.717, 1.165) is 32.5 Å². The molecule has 3 aromatic rings. The summed E-state index contributed by atoms with van der Waals surface area (Å²) in [7, 11) is 0. The molecule has 1 aliphatic rings. The van der Waals surface area contributed by atoms with Gasteiger partial charge in [0.05, 0.1) is 0 Å². The van der Waals surface area contributed by atoms with E-state index in [1.165, 1.54) is 26.8 Å². The Morgan fingerprint density at radius 1 is 1.00 bits per heavy atom. The summed E-state index contributed by atoms with van der Waals surface area (Å²) in [4.78, 5) is 14.4. The maximum atomic E-state index is 12.0. The maximum absolute atomic E-state index is 12.0. The van der Waals surface area contributed by atoms with Gasteiger partial charge in [0.2, 0.25) is 0 Å². The Bertz CT molecular complexity index is 921. The van der Waals surface area contributed by atoms with Gasteiger partial charge in [0.15, 0.2) is 0 Å². The number of hydrogen-bond donors (Lipinski definition) is 2. The van der Waals surface area contributed by atoms with Crippen LogP contribution in [0.5, 0.6) is 0 Å². The molecular weight excluding hydrogens is 354 g/mol. The van der Waals surface area contributed by atoms with E-state index in [1.807, 2.05) is 0 Å². The van der Waals surface area contributed by atoms with Gasteiger partial charge in [-0.1, -0.05) is 42.5 Å². The summed E-state index contributed by atoms with van der Waals surface area (Å²) in [6.07, 6.45) is 1.96. The predicted molar refractivity (Wildman–Crippen MR) is 112 cm³/mol. The Hall–Kier alpha value is -2.37. The highest BCUT2D eigenvalue weighted by Gasteiger charge is 2.15. The van der Waals surface area contributed by atoms with Gasteiger partial charge in [0.25, 0.3) is 0 Å². The second-order valence-electron chi connectivity index (χ2n) is 6.98. The first-order valence-corrected chi connectivity index (χ1v) is 10.4. The van der Waals surface area contributed by atoms with Crippen LogP contribution in [0.15, 0.2) is 53.9 Å². The lowest BCUT2D eigenvalue weighted by Crippen LogP contribution is -2.42. The summed E-state index contributed by atoms with van der Waals surface area (Å²) < 4.78 is 1.31. The van der Waals surface area contributed by atoms with Crippen molar-refractivity contribution >= 4 is 27.5 Å². The quantitative estimate of drug-likeness (QED) is 0.684. The van der Waals surface area contributed by atoms with Crippen LogP contribution in [0.1, 0.15) is 16.7 Å². The first kappa shape index (κ1) is 18.0. The van der Waals surface area contributed by atoms with Gasteiger partial charge >= 0.3 is 6.03 Å². The Labute approximate surface area is 164 Å². The molecule has 0 saturated heterocycles. The summed E-state index contributed by atoms with van der Waals surface area (Å²) in [5.74, 6) is 0. The van der Waals surface area contributed by atoms with Crippen molar-refractivity contribution in [2.24, 2.45) is 0 Å². The molecule has 0 bridgehead atoms. The molecule has 1 aliphatic heterocycles. The monoisotopic (exact) mass is 379 g/mol. The van der Waals surface area contributed by atoms with Gasteiger partial charge in [0, 0.05) is 37.4 Å². The fraction of sp³-hybridized carbons (Fsp3) is 0.318. The molecule has 0 radical (unpaired) electrons. The highest BCUT2D eigenvalue weighted by Crippen LogP contribution is 2.25. The van der Waals surface area contributed by atoms with Gasteiger partial charge in [-0.05, 0) is 46.4 Å². The fourth-order valence-electron chi connectivity index (χ4n) is 3.67. The van der Waals surface area contributed by atoms with Crippen LogP contribution in [-0.2, 0) is 19.4 Å². The number of amides is 2. The van der Waals surface area contributed by atoms with Crippen LogP contribution in [0, 0.1) is 0 Å². The average Bonchev–Trinajstić information content (AvgIpc) is 3.11. The highest BCUT2D eigenvalue weighted by molar-refractivity contribution is 7.17. The van der Waals surface area contributed by atoms with E-state index < -0.39 is 0 Å². The standard InChI is InChI=1S/C22H25N3OS/c26-22(23-11-9-19-16-27-21-8-4-3-7-20(19)21)24-12-14-25-13-10-17-5-1-2-6-18(17)15-25/h1-8,16H,9-15H2,(H2,23,24,26). The molecule has 4 nitrogen and oxygen atoms in total. The summed E-state index contributed by atoms with van der Waals surface area (Å²) in [6, 6.07) is 17.0. The fourth-order valence-corrected chi connectivity index (χ4v) is 4.67. The molecule has 2 N–H and O–H groups in total. The van der Waals surface area contributed by atoms with E-state index in [0.29, 0.717) is 13.1 Å². The third kappa shape index (κ3) is 4.49. The smallest absolute Gasteiger partial charge is 0.314 e. The molecule has 0 aliphatic carbocycles. The number of nitrogens with one attached hydrogen (secondary N) is 2. The molecule has 140 valence electrons. The van der Waals surface area contributed by atoms with Crippen LogP contribution >= 0.6 is 11.3 Å². The summed E-state index contributed by atoms with van der Waals surface area (Å²) in [6.45, 7) is 4.26. The minimum absolute atomic E-state index is 0.0769. The van der Waals surface area contributed by atoms with Crippen molar-refractivity contribution in [2.45, 2.75) is 19.4 Å². The van der Waals surface area contributed by atoms with Gasteiger partial charge in [-0.25, -0.2) is 4.79 Å². The molecule has 0 saturated carbocycles. The summed E-state index contributed by atoms with van der Waals surface area (Å²) in [5, 5.41) is 9.45. The maximum Gasteiger partial charge on any atom is 0.314 e. The molecule has 2 amide bonds. The minimum Gasteiger partial charge on any atom is -0.338 e. The second kappa shape index (κ2) is 8.55. The largest absolute Gasteiger partial charge is 0.338 e. The zero-order valence-electron chi connectivity index (χ0n) is 15.4. The second-order valence-corrected chi connectivity index (χ2v) is 7.90. The average molecular weight is 380 g/mol. The normalized spacial score (nSPS) is 14.1. The Morgan fingerprint density at radius 3 is 2.70 bits per heavy atom. The number of fused-ring (bicyclic) bond motifs is 2. The lowest BCUT2D eigenvalue weighted by atomic mass is 10.00. The molecule has 0 fully saturated rings. The molecule has 2 aromatic carbocycles. The molecule has 0 unspecified atom stereocenters. The van der Waals surface area contributed by atoms with Crippen LogP contribution in [0.3, 0.4) is 0 Å². The Morgan fingerprint density at radius 2 is 1.78 bits per heavy atom. The van der Waals surface area contributed by atoms with Crippen molar-refractivity contribution in [2.75, 3.05) is 26.2 Å². The number of benzene rings is 2. The zero-order chi connectivity index (χ0) is 18.5. The number of rotatable bonds is 6. The SMILES string of the molecule is O=C(NCCc1csc2ccccc12)NCCN1CCc2ccccc2C1. The molecule has 2 heterocycles. The van der Waals surface area contributed by atoms with Gasteiger partial charge in [-0.2, -0.15) is 0 Å². The molecule has 1 aromatic heterocycles. The molecule has 0 spiro atoms. The van der Waals surface area contributed by atoms with Gasteiger partial charge < -0.3 is 10.6 Å². The Kier molecular flexibility index (Phi) is 5.70. The van der Waals surface area contributed by atoms with Crippen LogP contribution in [-0.4, -0.2) is 37.1 Å². The van der Waals surface area contributed by atoms with Crippen molar-refractivity contribution in [1.29, 1.82) is 0 Å². The first-order valence-electron chi connectivity index (χ1n) is 9.55. The lowest BCUT2D eigenvalue weighted by Gasteiger charge is -2.28. The van der Waals surface area contributed by atoms with Gasteiger partial charge in [-0.3, -0.25) is 4.90 Å². The number of thiophene rings is 1. The van der Waals surface area contributed by atoms with Gasteiger partial charge in [-0.15, -0.1) is 11.3 Å². The summed E-state index contributed by atoms with van der Waals surface area (Å²) >= 11 is 1.76. The van der Waals surface area contributed by atoms with Crippen molar-refractivity contribution in [3.05, 3.63) is 70.6 Å². The molecular formula is C22H25N3OS. The van der Waals surface area contributed by atoms with Crippen molar-refractivity contribution in [1.82, 2.24) is 15.5 Å². The molecule has 0 atom stereocenters. The van der Waals surface area contributed by atoms with Crippen LogP contribution < -0.4 is 10.6 Å². The van der Waals surface area contributed by atoms with Crippen LogP contribution in [0.4, 0.5) is 4.79 Å². The van der Waals surface area contributed by atoms with E-state index >= 15 is 0 Å². The van der Waals surface area contributed by atoms with E-state index in [2.05, 4.69) is 69.4 Å².